The molecule has 3 rings (SSSR count). The number of unbranched alkanes of at least 4 members (excludes halogenated alkanes) is 1. The zero-order valence-corrected chi connectivity index (χ0v) is 14.3. The molecule has 1 heterocycles. The van der Waals surface area contributed by atoms with E-state index in [-0.39, 0.29) is 5.60 Å². The van der Waals surface area contributed by atoms with Crippen LogP contribution in [0.25, 0.3) is 0 Å². The van der Waals surface area contributed by atoms with Crippen LogP contribution in [0.15, 0.2) is 23.8 Å². The van der Waals surface area contributed by atoms with Crippen LogP contribution in [0.1, 0.15) is 70.4 Å². The highest BCUT2D eigenvalue weighted by Crippen LogP contribution is 2.54. The first-order chi connectivity index (χ1) is 10.4. The van der Waals surface area contributed by atoms with E-state index >= 15 is 0 Å². The van der Waals surface area contributed by atoms with Gasteiger partial charge in [0.1, 0.15) is 17.1 Å². The summed E-state index contributed by atoms with van der Waals surface area (Å²) in [5, 5.41) is 10.6. The van der Waals surface area contributed by atoms with E-state index in [1.165, 1.54) is 17.6 Å². The van der Waals surface area contributed by atoms with E-state index in [4.69, 9.17) is 4.74 Å². The molecule has 1 aliphatic heterocycles. The van der Waals surface area contributed by atoms with Crippen LogP contribution in [0.2, 0.25) is 0 Å². The van der Waals surface area contributed by atoms with Gasteiger partial charge in [0.15, 0.2) is 0 Å². The summed E-state index contributed by atoms with van der Waals surface area (Å²) in [4.78, 5) is 0. The lowest BCUT2D eigenvalue weighted by Crippen LogP contribution is -2.45. The van der Waals surface area contributed by atoms with Crippen LogP contribution >= 0.6 is 0 Å². The maximum Gasteiger partial charge on any atom is 0.127 e. The Kier molecular flexibility index (Phi) is 3.96. The van der Waals surface area contributed by atoms with Crippen LogP contribution in [0.4, 0.5) is 0 Å². The van der Waals surface area contributed by atoms with E-state index in [9.17, 15) is 5.11 Å². The van der Waals surface area contributed by atoms with Gasteiger partial charge in [-0.05, 0) is 64.2 Å². The van der Waals surface area contributed by atoms with Gasteiger partial charge in [-0.25, -0.2) is 0 Å². The lowest BCUT2D eigenvalue weighted by atomic mass is 9.67. The summed E-state index contributed by atoms with van der Waals surface area (Å²) in [6.07, 6.45) is 7.73. The SMILES string of the molecule is CCCCc1cc(O)c2c(c1)OC(C)(C)C1CC=C(C)CC21. The molecule has 2 unspecified atom stereocenters. The molecule has 1 N–H and O–H groups in total. The van der Waals surface area contributed by atoms with Crippen molar-refractivity contribution in [1.29, 1.82) is 0 Å². The lowest BCUT2D eigenvalue weighted by molar-refractivity contribution is 0.00753. The topological polar surface area (TPSA) is 29.5 Å². The third kappa shape index (κ3) is 2.64. The Morgan fingerprint density at radius 3 is 2.82 bits per heavy atom. The first-order valence-corrected chi connectivity index (χ1v) is 8.62. The fourth-order valence-electron chi connectivity index (χ4n) is 4.15. The van der Waals surface area contributed by atoms with E-state index in [0.717, 1.165) is 37.0 Å². The quantitative estimate of drug-likeness (QED) is 0.763. The van der Waals surface area contributed by atoms with E-state index in [0.29, 0.717) is 17.6 Å². The maximum atomic E-state index is 10.6. The number of ether oxygens (including phenoxy) is 1. The Labute approximate surface area is 134 Å². The molecule has 0 spiro atoms. The van der Waals surface area contributed by atoms with E-state index in [1.807, 2.05) is 6.07 Å². The van der Waals surface area contributed by atoms with Crippen molar-refractivity contribution >= 4 is 0 Å². The second-order valence-corrected chi connectivity index (χ2v) is 7.54. The van der Waals surface area contributed by atoms with Crippen LogP contribution in [0, 0.1) is 5.92 Å². The van der Waals surface area contributed by atoms with Gasteiger partial charge in [-0.15, -0.1) is 0 Å². The van der Waals surface area contributed by atoms with Crippen LogP contribution in [-0.4, -0.2) is 10.7 Å². The average molecular weight is 300 g/mol. The summed E-state index contributed by atoms with van der Waals surface area (Å²) < 4.78 is 6.34. The molecule has 2 nitrogen and oxygen atoms in total. The molecule has 0 amide bonds. The summed E-state index contributed by atoms with van der Waals surface area (Å²) in [5.41, 5.74) is 3.48. The predicted octanol–water partition coefficient (Wildman–Crippen LogP) is 5.35. The van der Waals surface area contributed by atoms with Crippen molar-refractivity contribution in [3.8, 4) is 11.5 Å². The van der Waals surface area contributed by atoms with Crippen molar-refractivity contribution in [3.63, 3.8) is 0 Å². The molecule has 2 aliphatic rings. The van der Waals surface area contributed by atoms with Crippen molar-refractivity contribution in [1.82, 2.24) is 0 Å². The second kappa shape index (κ2) is 5.64. The van der Waals surface area contributed by atoms with Crippen LogP contribution in [0.3, 0.4) is 0 Å². The van der Waals surface area contributed by atoms with Gasteiger partial charge in [0.05, 0.1) is 0 Å². The van der Waals surface area contributed by atoms with Gasteiger partial charge >= 0.3 is 0 Å². The van der Waals surface area contributed by atoms with E-state index in [1.54, 1.807) is 0 Å². The number of rotatable bonds is 3. The standard InChI is InChI=1S/C20H28O2/c1-5-6-7-14-11-17(21)19-15-10-13(2)8-9-16(15)20(3,4)22-18(19)12-14/h8,11-12,15-16,21H,5-7,9-10H2,1-4H3. The Bertz CT molecular complexity index is 598. The highest BCUT2D eigenvalue weighted by atomic mass is 16.5. The molecule has 1 aromatic rings. The van der Waals surface area contributed by atoms with Crippen LogP contribution < -0.4 is 4.74 Å². The molecule has 1 aliphatic carbocycles. The van der Waals surface area contributed by atoms with Gasteiger partial charge in [-0.1, -0.05) is 25.0 Å². The van der Waals surface area contributed by atoms with E-state index < -0.39 is 0 Å². The highest BCUT2D eigenvalue weighted by Gasteiger charge is 2.45. The highest BCUT2D eigenvalue weighted by molar-refractivity contribution is 5.52. The molecule has 120 valence electrons. The summed E-state index contributed by atoms with van der Waals surface area (Å²) in [6, 6.07) is 4.12. The number of aryl methyl sites for hydroxylation is 1. The zero-order chi connectivity index (χ0) is 15.9. The number of fused-ring (bicyclic) bond motifs is 3. The Morgan fingerprint density at radius 2 is 2.09 bits per heavy atom. The molecule has 2 atom stereocenters. The van der Waals surface area contributed by atoms with Gasteiger partial charge in [-0.3, -0.25) is 0 Å². The van der Waals surface area contributed by atoms with Crippen LogP contribution in [0.5, 0.6) is 11.5 Å². The summed E-state index contributed by atoms with van der Waals surface area (Å²) in [7, 11) is 0. The third-order valence-corrected chi connectivity index (χ3v) is 5.38. The first kappa shape index (κ1) is 15.5. The van der Waals surface area contributed by atoms with Crippen molar-refractivity contribution in [3.05, 3.63) is 34.9 Å². The van der Waals surface area contributed by atoms with Crippen molar-refractivity contribution < 1.29 is 9.84 Å². The molecule has 0 saturated heterocycles. The van der Waals surface area contributed by atoms with Crippen molar-refractivity contribution in [2.24, 2.45) is 5.92 Å². The largest absolute Gasteiger partial charge is 0.508 e. The minimum atomic E-state index is -0.176. The predicted molar refractivity (Wildman–Crippen MR) is 90.6 cm³/mol. The maximum absolute atomic E-state index is 10.6. The summed E-state index contributed by atoms with van der Waals surface area (Å²) >= 11 is 0. The minimum absolute atomic E-state index is 0.176. The smallest absolute Gasteiger partial charge is 0.127 e. The number of allylic oxidation sites excluding steroid dienone is 2. The number of phenols is 1. The fourth-order valence-corrected chi connectivity index (χ4v) is 4.15. The number of aromatic hydroxyl groups is 1. The van der Waals surface area contributed by atoms with Gasteiger partial charge < -0.3 is 9.84 Å². The zero-order valence-electron chi connectivity index (χ0n) is 14.3. The summed E-state index contributed by atoms with van der Waals surface area (Å²) in [5.74, 6) is 2.16. The Hall–Kier alpha value is -1.44. The molecule has 2 heteroatoms. The van der Waals surface area contributed by atoms with Crippen molar-refractivity contribution in [2.45, 2.75) is 71.3 Å². The number of hydrogen-bond donors (Lipinski definition) is 1. The molecule has 0 radical (unpaired) electrons. The molecule has 0 fully saturated rings. The van der Waals surface area contributed by atoms with Gasteiger partial charge in [-0.2, -0.15) is 0 Å². The molecule has 1 aromatic carbocycles. The molecular weight excluding hydrogens is 272 g/mol. The van der Waals surface area contributed by atoms with Crippen molar-refractivity contribution in [2.75, 3.05) is 0 Å². The Balaban J connectivity index is 2.04. The monoisotopic (exact) mass is 300 g/mol. The first-order valence-electron chi connectivity index (χ1n) is 8.62. The number of benzene rings is 1. The third-order valence-electron chi connectivity index (χ3n) is 5.38. The van der Waals surface area contributed by atoms with E-state index in [2.05, 4.69) is 39.8 Å². The van der Waals surface area contributed by atoms with Gasteiger partial charge in [0, 0.05) is 17.4 Å². The molecule has 0 bridgehead atoms. The Morgan fingerprint density at radius 1 is 1.32 bits per heavy atom. The summed E-state index contributed by atoms with van der Waals surface area (Å²) in [6.45, 7) is 8.78. The molecular formula is C20H28O2. The molecule has 0 saturated carbocycles. The lowest BCUT2D eigenvalue weighted by Gasteiger charge is -2.47. The minimum Gasteiger partial charge on any atom is -0.508 e. The number of phenolic OH excluding ortho intramolecular Hbond substituents is 1. The van der Waals surface area contributed by atoms with Gasteiger partial charge in [0.25, 0.3) is 0 Å². The number of hydrogen-bond acceptors (Lipinski definition) is 2. The fraction of sp³-hybridized carbons (Fsp3) is 0.600. The van der Waals surface area contributed by atoms with Gasteiger partial charge in [0.2, 0.25) is 0 Å². The van der Waals surface area contributed by atoms with Crippen LogP contribution in [-0.2, 0) is 6.42 Å². The molecule has 0 aromatic heterocycles. The normalized spacial score (nSPS) is 25.7. The average Bonchev–Trinajstić information content (AvgIpc) is 2.43. The molecule has 22 heavy (non-hydrogen) atoms. The second-order valence-electron chi connectivity index (χ2n) is 7.54.